The van der Waals surface area contributed by atoms with Crippen LogP contribution in [0.1, 0.15) is 25.7 Å². The smallest absolute Gasteiger partial charge is 0.306 e. The Morgan fingerprint density at radius 1 is 1.15 bits per heavy atom. The summed E-state index contributed by atoms with van der Waals surface area (Å²) >= 11 is 0. The van der Waals surface area contributed by atoms with Gasteiger partial charge in [-0.15, -0.1) is 0 Å². The van der Waals surface area contributed by atoms with E-state index in [2.05, 4.69) is 0 Å². The lowest BCUT2D eigenvalue weighted by atomic mass is 10.1. The number of hydrogen-bond acceptors (Lipinski definition) is 5. The van der Waals surface area contributed by atoms with Crippen LogP contribution >= 0.6 is 0 Å². The molecule has 140 valence electrons. The van der Waals surface area contributed by atoms with Crippen molar-refractivity contribution in [2.75, 3.05) is 23.0 Å². The molecule has 0 unspecified atom stereocenters. The Morgan fingerprint density at radius 3 is 2.54 bits per heavy atom. The first kappa shape index (κ1) is 18.6. The number of anilines is 1. The fraction of sp³-hybridized carbons (Fsp3) is 0.474. The fourth-order valence-electron chi connectivity index (χ4n) is 3.48. The van der Waals surface area contributed by atoms with E-state index in [1.165, 1.54) is 4.90 Å². The first-order valence-corrected chi connectivity index (χ1v) is 10.7. The topological polar surface area (TPSA) is 80.8 Å². The van der Waals surface area contributed by atoms with Crippen LogP contribution in [0.5, 0.6) is 0 Å². The molecule has 0 spiro atoms. The average Bonchev–Trinajstić information content (AvgIpc) is 3.24. The van der Waals surface area contributed by atoms with Gasteiger partial charge in [-0.05, 0) is 37.3 Å². The molecule has 0 aromatic heterocycles. The number of carbonyl (C=O) groups is 2. The molecule has 0 N–H and O–H groups in total. The maximum Gasteiger partial charge on any atom is 0.306 e. The number of nitrogens with zero attached hydrogens (tertiary/aromatic N) is 1. The van der Waals surface area contributed by atoms with Crippen molar-refractivity contribution in [1.82, 2.24) is 0 Å². The molecule has 1 aromatic carbocycles. The Balaban J connectivity index is 1.65. The van der Waals surface area contributed by atoms with Gasteiger partial charge in [0.2, 0.25) is 0 Å². The average molecular weight is 377 g/mol. The first-order valence-electron chi connectivity index (χ1n) is 8.84. The van der Waals surface area contributed by atoms with Gasteiger partial charge in [-0.3, -0.25) is 9.59 Å². The van der Waals surface area contributed by atoms with Gasteiger partial charge >= 0.3 is 5.97 Å². The Hall–Kier alpha value is -2.15. The summed E-state index contributed by atoms with van der Waals surface area (Å²) in [6.45, 7) is -0.374. The van der Waals surface area contributed by atoms with Crippen molar-refractivity contribution in [2.24, 2.45) is 5.92 Å². The molecule has 0 saturated carbocycles. The Bertz CT molecular complexity index is 787. The highest BCUT2D eigenvalue weighted by Crippen LogP contribution is 2.25. The minimum absolute atomic E-state index is 0.0611. The third-order valence-electron chi connectivity index (χ3n) is 4.77. The maximum absolute atomic E-state index is 12.7. The van der Waals surface area contributed by atoms with Gasteiger partial charge in [-0.2, -0.15) is 0 Å². The predicted molar refractivity (Wildman–Crippen MR) is 98.4 cm³/mol. The molecule has 7 heteroatoms. The van der Waals surface area contributed by atoms with E-state index in [0.29, 0.717) is 12.1 Å². The van der Waals surface area contributed by atoms with E-state index in [-0.39, 0.29) is 30.5 Å². The lowest BCUT2D eigenvalue weighted by Crippen LogP contribution is -2.43. The molecule has 1 aliphatic carbocycles. The van der Waals surface area contributed by atoms with Crippen molar-refractivity contribution in [3.8, 4) is 0 Å². The zero-order chi connectivity index (χ0) is 18.6. The minimum Gasteiger partial charge on any atom is -0.456 e. The second-order valence-corrected chi connectivity index (χ2v) is 9.02. The highest BCUT2D eigenvalue weighted by atomic mass is 32.2. The predicted octanol–water partition coefficient (Wildman–Crippen LogP) is 2.11. The number of carbonyl (C=O) groups excluding carboxylic acids is 2. The van der Waals surface area contributed by atoms with E-state index in [9.17, 15) is 18.0 Å². The van der Waals surface area contributed by atoms with Crippen LogP contribution in [0, 0.1) is 5.92 Å². The van der Waals surface area contributed by atoms with Gasteiger partial charge in [0.1, 0.15) is 0 Å². The number of para-hydroxylation sites is 1. The standard InChI is InChI=1S/C19H23NO5S/c21-18(13-25-19(22)12-15-6-4-5-7-15)20(16-8-2-1-3-9-16)17-10-11-26(23,24)14-17/h1-4,6,8-9,15,17H,5,7,10-14H2/t15-,17-/m0/s1. The second kappa shape index (κ2) is 8.03. The molecule has 1 saturated heterocycles. The number of amides is 1. The van der Waals surface area contributed by atoms with Gasteiger partial charge in [-0.1, -0.05) is 30.4 Å². The van der Waals surface area contributed by atoms with Gasteiger partial charge in [-0.25, -0.2) is 8.42 Å². The summed E-state index contributed by atoms with van der Waals surface area (Å²) in [7, 11) is -3.14. The summed E-state index contributed by atoms with van der Waals surface area (Å²) in [5.74, 6) is -0.602. The van der Waals surface area contributed by atoms with E-state index in [0.717, 1.165) is 12.8 Å². The van der Waals surface area contributed by atoms with Gasteiger partial charge in [0.15, 0.2) is 16.4 Å². The molecule has 0 bridgehead atoms. The highest BCUT2D eigenvalue weighted by Gasteiger charge is 2.35. The summed E-state index contributed by atoms with van der Waals surface area (Å²) in [6.07, 6.45) is 6.61. The number of hydrogen-bond donors (Lipinski definition) is 0. The molecule has 1 fully saturated rings. The molecule has 2 atom stereocenters. The van der Waals surface area contributed by atoms with Crippen molar-refractivity contribution in [3.63, 3.8) is 0 Å². The lowest BCUT2D eigenvalue weighted by Gasteiger charge is -2.28. The van der Waals surface area contributed by atoms with Crippen LogP contribution < -0.4 is 4.90 Å². The van der Waals surface area contributed by atoms with Crippen molar-refractivity contribution >= 4 is 27.4 Å². The highest BCUT2D eigenvalue weighted by molar-refractivity contribution is 7.91. The Kier molecular flexibility index (Phi) is 5.76. The quantitative estimate of drug-likeness (QED) is 0.560. The van der Waals surface area contributed by atoms with E-state index < -0.39 is 27.8 Å². The molecule has 26 heavy (non-hydrogen) atoms. The summed E-state index contributed by atoms with van der Waals surface area (Å²) in [5, 5.41) is 0. The monoisotopic (exact) mass is 377 g/mol. The van der Waals surface area contributed by atoms with E-state index in [1.807, 2.05) is 18.2 Å². The number of ether oxygens (including phenoxy) is 1. The van der Waals surface area contributed by atoms with Crippen molar-refractivity contribution < 1.29 is 22.7 Å². The van der Waals surface area contributed by atoms with Crippen LogP contribution in [-0.4, -0.2) is 44.4 Å². The molecular weight excluding hydrogens is 354 g/mol. The number of allylic oxidation sites excluding steroid dienone is 2. The molecule has 1 amide bonds. The summed E-state index contributed by atoms with van der Waals surface area (Å²) < 4.78 is 28.8. The summed E-state index contributed by atoms with van der Waals surface area (Å²) in [4.78, 5) is 26.2. The largest absolute Gasteiger partial charge is 0.456 e. The molecule has 1 aliphatic heterocycles. The van der Waals surface area contributed by atoms with Crippen molar-refractivity contribution in [2.45, 2.75) is 31.7 Å². The summed E-state index contributed by atoms with van der Waals surface area (Å²) in [5.41, 5.74) is 0.620. The number of benzene rings is 1. The number of sulfone groups is 1. The van der Waals surface area contributed by atoms with Crippen LogP contribution in [0.3, 0.4) is 0 Å². The van der Waals surface area contributed by atoms with Crippen LogP contribution in [0.4, 0.5) is 5.69 Å². The molecule has 1 aromatic rings. The zero-order valence-corrected chi connectivity index (χ0v) is 15.4. The number of esters is 1. The molecule has 6 nitrogen and oxygen atoms in total. The van der Waals surface area contributed by atoms with Crippen LogP contribution in [0.2, 0.25) is 0 Å². The van der Waals surface area contributed by atoms with Crippen LogP contribution in [0.15, 0.2) is 42.5 Å². The molecular formula is C19H23NO5S. The van der Waals surface area contributed by atoms with Crippen molar-refractivity contribution in [3.05, 3.63) is 42.5 Å². The molecule has 0 radical (unpaired) electrons. The summed E-state index contributed by atoms with van der Waals surface area (Å²) in [6, 6.07) is 8.50. The molecule has 1 heterocycles. The normalized spacial score (nSPS) is 23.7. The maximum atomic E-state index is 12.7. The van der Waals surface area contributed by atoms with E-state index >= 15 is 0 Å². The van der Waals surface area contributed by atoms with E-state index in [4.69, 9.17) is 4.74 Å². The van der Waals surface area contributed by atoms with Gasteiger partial charge in [0.05, 0.1) is 24.0 Å². The molecule has 3 rings (SSSR count). The fourth-order valence-corrected chi connectivity index (χ4v) is 5.18. The zero-order valence-electron chi connectivity index (χ0n) is 14.5. The number of rotatable bonds is 6. The SMILES string of the molecule is O=C(C[C@H]1C=CCC1)OCC(=O)N(c1ccccc1)[C@H]1CCS(=O)(=O)C1. The van der Waals surface area contributed by atoms with Gasteiger partial charge in [0.25, 0.3) is 5.91 Å². The third-order valence-corrected chi connectivity index (χ3v) is 6.52. The Labute approximate surface area is 153 Å². The van der Waals surface area contributed by atoms with Crippen LogP contribution in [0.25, 0.3) is 0 Å². The second-order valence-electron chi connectivity index (χ2n) is 6.79. The van der Waals surface area contributed by atoms with Gasteiger partial charge < -0.3 is 9.64 Å². The van der Waals surface area contributed by atoms with Crippen molar-refractivity contribution in [1.29, 1.82) is 0 Å². The first-order chi connectivity index (χ1) is 12.4. The minimum atomic E-state index is -3.14. The molecule has 2 aliphatic rings. The van der Waals surface area contributed by atoms with Gasteiger partial charge in [0, 0.05) is 5.69 Å². The third kappa shape index (κ3) is 4.72. The lowest BCUT2D eigenvalue weighted by molar-refractivity contribution is -0.148. The van der Waals surface area contributed by atoms with Crippen LogP contribution in [-0.2, 0) is 24.2 Å². The Morgan fingerprint density at radius 2 is 1.92 bits per heavy atom. The van der Waals surface area contributed by atoms with E-state index in [1.54, 1.807) is 24.3 Å².